The summed E-state index contributed by atoms with van der Waals surface area (Å²) >= 11 is 1.16. The molecular weight excluding hydrogens is 439 g/mol. The van der Waals surface area contributed by atoms with E-state index in [9.17, 15) is 18.5 Å². The van der Waals surface area contributed by atoms with Gasteiger partial charge in [0.2, 0.25) is 5.91 Å². The van der Waals surface area contributed by atoms with E-state index in [0.29, 0.717) is 39.3 Å². The summed E-state index contributed by atoms with van der Waals surface area (Å²) < 4.78 is 26.0. The summed E-state index contributed by atoms with van der Waals surface area (Å²) in [5.74, 6) is -0.627. The van der Waals surface area contributed by atoms with Crippen LogP contribution in [0.2, 0.25) is 0 Å². The predicted molar refractivity (Wildman–Crippen MR) is 120 cm³/mol. The van der Waals surface area contributed by atoms with Crippen LogP contribution in [0.3, 0.4) is 0 Å². The van der Waals surface area contributed by atoms with E-state index in [1.807, 2.05) is 12.1 Å². The zero-order valence-electron chi connectivity index (χ0n) is 16.9. The third-order valence-electron chi connectivity index (χ3n) is 5.27. The van der Waals surface area contributed by atoms with Gasteiger partial charge in [-0.1, -0.05) is 23.5 Å². The molecule has 1 amide bonds. The molecule has 3 aromatic rings. The predicted octanol–water partition coefficient (Wildman–Crippen LogP) is 3.04. The molecule has 1 unspecified atom stereocenters. The number of carbonyl (C=O) groups excluding carboxylic acids is 1. The molecule has 0 aliphatic carbocycles. The second-order valence-corrected chi connectivity index (χ2v) is 9.62. The van der Waals surface area contributed by atoms with E-state index in [1.165, 1.54) is 23.1 Å². The van der Waals surface area contributed by atoms with Crippen molar-refractivity contribution in [2.24, 2.45) is 11.1 Å². The van der Waals surface area contributed by atoms with Crippen LogP contribution in [0.1, 0.15) is 5.69 Å². The number of nitrogens with zero attached hydrogens (tertiary/aromatic N) is 3. The number of benzene rings is 2. The highest BCUT2D eigenvalue weighted by molar-refractivity contribution is 7.85. The standard InChI is InChI=1S/C21H21FN4O3S2/c1-12-20(31(23)29)30-21(24-12)25(2)19(28)14-10-26(11-14)15-5-3-13(4-6-15)17-9-16(27)7-8-18(17)22/h3-9,14,27H,10-11,23H2,1-2H3. The Balaban J connectivity index is 1.40. The van der Waals surface area contributed by atoms with Gasteiger partial charge in [-0.25, -0.2) is 18.7 Å². The highest BCUT2D eigenvalue weighted by Gasteiger charge is 2.36. The summed E-state index contributed by atoms with van der Waals surface area (Å²) in [4.78, 5) is 20.7. The Kier molecular flexibility index (Phi) is 5.78. The zero-order valence-corrected chi connectivity index (χ0v) is 18.5. The Morgan fingerprint density at radius 3 is 2.58 bits per heavy atom. The lowest BCUT2D eigenvalue weighted by molar-refractivity contribution is -0.122. The minimum atomic E-state index is -1.62. The minimum absolute atomic E-state index is 0.00828. The molecule has 1 fully saturated rings. The van der Waals surface area contributed by atoms with E-state index < -0.39 is 16.8 Å². The number of amides is 1. The van der Waals surface area contributed by atoms with Crippen LogP contribution in [0.4, 0.5) is 15.2 Å². The van der Waals surface area contributed by atoms with Gasteiger partial charge in [-0.3, -0.25) is 9.69 Å². The number of anilines is 2. The maximum atomic E-state index is 14.0. The molecule has 10 heteroatoms. The van der Waals surface area contributed by atoms with Crippen molar-refractivity contribution in [2.45, 2.75) is 11.1 Å². The maximum Gasteiger partial charge on any atom is 0.235 e. The Labute approximate surface area is 185 Å². The lowest BCUT2D eigenvalue weighted by Gasteiger charge is -2.41. The average Bonchev–Trinajstić information content (AvgIpc) is 3.10. The summed E-state index contributed by atoms with van der Waals surface area (Å²) in [6, 6.07) is 11.3. The highest BCUT2D eigenvalue weighted by atomic mass is 32.2. The van der Waals surface area contributed by atoms with Crippen LogP contribution in [0, 0.1) is 18.7 Å². The topological polar surface area (TPSA) is 99.8 Å². The van der Waals surface area contributed by atoms with E-state index in [2.05, 4.69) is 9.88 Å². The monoisotopic (exact) mass is 460 g/mol. The van der Waals surface area contributed by atoms with Gasteiger partial charge in [0.15, 0.2) is 5.13 Å². The number of carbonyl (C=O) groups is 1. The van der Waals surface area contributed by atoms with Crippen LogP contribution < -0.4 is 14.9 Å². The molecule has 0 bridgehead atoms. The third-order valence-corrected chi connectivity index (χ3v) is 7.70. The second-order valence-electron chi connectivity index (χ2n) is 7.38. The molecule has 0 spiro atoms. The lowest BCUT2D eigenvalue weighted by atomic mass is 9.97. The quantitative estimate of drug-likeness (QED) is 0.610. The van der Waals surface area contributed by atoms with Crippen molar-refractivity contribution in [1.29, 1.82) is 0 Å². The van der Waals surface area contributed by atoms with Crippen LogP contribution in [0.5, 0.6) is 5.75 Å². The van der Waals surface area contributed by atoms with Crippen LogP contribution in [-0.2, 0) is 15.8 Å². The van der Waals surface area contributed by atoms with Crippen molar-refractivity contribution in [3.63, 3.8) is 0 Å². The van der Waals surface area contributed by atoms with Crippen molar-refractivity contribution >= 4 is 39.0 Å². The fourth-order valence-electron chi connectivity index (χ4n) is 3.50. The number of thiazole rings is 1. The van der Waals surface area contributed by atoms with Crippen LogP contribution in [-0.4, -0.2) is 40.3 Å². The van der Waals surface area contributed by atoms with Gasteiger partial charge >= 0.3 is 0 Å². The number of hydrogen-bond acceptors (Lipinski definition) is 6. The molecule has 1 aromatic heterocycles. The molecule has 0 radical (unpaired) electrons. The van der Waals surface area contributed by atoms with Gasteiger partial charge < -0.3 is 10.0 Å². The zero-order chi connectivity index (χ0) is 22.3. The number of halogens is 1. The summed E-state index contributed by atoms with van der Waals surface area (Å²) in [6.07, 6.45) is 0. The minimum Gasteiger partial charge on any atom is -0.508 e. The fourth-order valence-corrected chi connectivity index (χ4v) is 5.16. The van der Waals surface area contributed by atoms with Gasteiger partial charge in [0.05, 0.1) is 11.6 Å². The molecule has 31 heavy (non-hydrogen) atoms. The summed E-state index contributed by atoms with van der Waals surface area (Å²) in [5.41, 5.74) is 2.50. The molecule has 1 atom stereocenters. The Hall–Kier alpha value is -2.82. The molecule has 1 aliphatic heterocycles. The average molecular weight is 461 g/mol. The number of aromatic nitrogens is 1. The lowest BCUT2D eigenvalue weighted by Crippen LogP contribution is -2.54. The van der Waals surface area contributed by atoms with Crippen LogP contribution >= 0.6 is 11.3 Å². The molecular formula is C21H21FN4O3S2. The molecule has 162 valence electrons. The second kappa shape index (κ2) is 8.37. The Bertz CT molecular complexity index is 1160. The van der Waals surface area contributed by atoms with E-state index in [0.717, 1.165) is 17.0 Å². The molecule has 2 heterocycles. The smallest absolute Gasteiger partial charge is 0.235 e. The van der Waals surface area contributed by atoms with Crippen LogP contribution in [0.25, 0.3) is 11.1 Å². The van der Waals surface area contributed by atoms with Gasteiger partial charge in [0, 0.05) is 31.4 Å². The normalized spacial score (nSPS) is 14.9. The largest absolute Gasteiger partial charge is 0.508 e. The van der Waals surface area contributed by atoms with E-state index in [-0.39, 0.29) is 17.6 Å². The van der Waals surface area contributed by atoms with E-state index in [4.69, 9.17) is 5.14 Å². The first-order valence-corrected chi connectivity index (χ1v) is 11.5. The molecule has 1 saturated heterocycles. The molecule has 2 aromatic carbocycles. The van der Waals surface area contributed by atoms with Gasteiger partial charge in [0.25, 0.3) is 0 Å². The SMILES string of the molecule is Cc1nc(N(C)C(=O)C2CN(c3ccc(-c4cc(O)ccc4F)cc3)C2)sc1S(N)=O. The molecule has 3 N–H and O–H groups in total. The fraction of sp³-hybridized carbons (Fsp3) is 0.238. The van der Waals surface area contributed by atoms with Crippen molar-refractivity contribution < 1.29 is 18.5 Å². The van der Waals surface area contributed by atoms with Crippen molar-refractivity contribution in [1.82, 2.24) is 4.98 Å². The molecule has 7 nitrogen and oxygen atoms in total. The first kappa shape index (κ1) is 21.4. The summed E-state index contributed by atoms with van der Waals surface area (Å²) in [6.45, 7) is 2.84. The third kappa shape index (κ3) is 4.18. The number of aromatic hydroxyl groups is 1. The summed E-state index contributed by atoms with van der Waals surface area (Å²) in [7, 11) is 0.0328. The van der Waals surface area contributed by atoms with E-state index >= 15 is 0 Å². The van der Waals surface area contributed by atoms with Crippen molar-refractivity contribution in [3.05, 3.63) is 54.0 Å². The number of aryl methyl sites for hydroxylation is 1. The molecule has 0 saturated carbocycles. The number of rotatable bonds is 5. The first-order chi connectivity index (χ1) is 14.7. The number of hydrogen-bond donors (Lipinski definition) is 2. The molecule has 1 aliphatic rings. The van der Waals surface area contributed by atoms with Crippen molar-refractivity contribution in [2.75, 3.05) is 29.9 Å². The molecule has 4 rings (SSSR count). The Morgan fingerprint density at radius 2 is 1.97 bits per heavy atom. The maximum absolute atomic E-state index is 14.0. The number of nitrogens with two attached hydrogens (primary N) is 1. The van der Waals surface area contributed by atoms with Gasteiger partial charge in [0.1, 0.15) is 26.8 Å². The number of phenolic OH excluding ortho intramolecular Hbond substituents is 1. The van der Waals surface area contributed by atoms with Crippen molar-refractivity contribution in [3.8, 4) is 16.9 Å². The highest BCUT2D eigenvalue weighted by Crippen LogP contribution is 2.33. The first-order valence-electron chi connectivity index (χ1n) is 9.49. The summed E-state index contributed by atoms with van der Waals surface area (Å²) in [5, 5.41) is 15.5. The van der Waals surface area contributed by atoms with Gasteiger partial charge in [-0.2, -0.15) is 0 Å². The Morgan fingerprint density at radius 1 is 1.29 bits per heavy atom. The van der Waals surface area contributed by atoms with Crippen LogP contribution in [0.15, 0.2) is 46.7 Å². The number of phenols is 1. The van der Waals surface area contributed by atoms with Gasteiger partial charge in [-0.15, -0.1) is 0 Å². The van der Waals surface area contributed by atoms with Gasteiger partial charge in [-0.05, 0) is 42.8 Å². The van der Waals surface area contributed by atoms with E-state index in [1.54, 1.807) is 26.1 Å².